The Kier molecular flexibility index (Phi) is 9.77. The Morgan fingerprint density at radius 2 is 2.00 bits per heavy atom. The summed E-state index contributed by atoms with van der Waals surface area (Å²) in [6, 6.07) is 13.3. The topological polar surface area (TPSA) is 85.4 Å². The first kappa shape index (κ1) is 25.1. The third-order valence-corrected chi connectivity index (χ3v) is 7.04. The molecule has 0 saturated heterocycles. The minimum atomic E-state index is -1.13. The molecule has 0 fully saturated rings. The normalized spacial score (nSPS) is 19.0. The predicted octanol–water partition coefficient (Wildman–Crippen LogP) is 4.43. The van der Waals surface area contributed by atoms with Gasteiger partial charge in [0.05, 0.1) is 17.4 Å². The number of nitrogens with zero attached hydrogens (tertiary/aromatic N) is 1. The number of ether oxygens (including phenoxy) is 1. The van der Waals surface area contributed by atoms with Crippen LogP contribution in [0.2, 0.25) is 0 Å². The van der Waals surface area contributed by atoms with Crippen molar-refractivity contribution >= 4 is 23.7 Å². The first-order valence-electron chi connectivity index (χ1n) is 11.1. The van der Waals surface area contributed by atoms with Crippen LogP contribution in [0.1, 0.15) is 30.0 Å². The molecule has 4 rings (SSSR count). The Morgan fingerprint density at radius 1 is 1.18 bits per heavy atom. The van der Waals surface area contributed by atoms with Crippen molar-refractivity contribution < 1.29 is 18.5 Å². The molecule has 0 radical (unpaired) electrons. The monoisotopic (exact) mass is 476 g/mol. The van der Waals surface area contributed by atoms with Crippen LogP contribution < -0.4 is 5.32 Å². The van der Waals surface area contributed by atoms with E-state index in [4.69, 9.17) is 9.53 Å². The van der Waals surface area contributed by atoms with Crippen LogP contribution in [0.4, 0.5) is 4.79 Å². The van der Waals surface area contributed by atoms with E-state index in [1.165, 1.54) is 0 Å². The van der Waals surface area contributed by atoms with Gasteiger partial charge in [0.25, 0.3) is 0 Å². The minimum absolute atomic E-state index is 0.00569. The maximum absolute atomic E-state index is 12.9. The summed E-state index contributed by atoms with van der Waals surface area (Å²) in [6.07, 6.45) is 12.9. The molecule has 1 aromatic carbocycles. The highest BCUT2D eigenvalue weighted by molar-refractivity contribution is 7.85. The van der Waals surface area contributed by atoms with Gasteiger partial charge in [-0.3, -0.25) is 9.19 Å². The molecule has 0 spiro atoms. The third-order valence-electron chi connectivity index (χ3n) is 5.54. The first-order valence-corrected chi connectivity index (χ1v) is 12.4. The summed E-state index contributed by atoms with van der Waals surface area (Å²) < 4.78 is 18.3. The third kappa shape index (κ3) is 7.24. The van der Waals surface area contributed by atoms with Gasteiger partial charge in [-0.1, -0.05) is 42.5 Å². The Bertz CT molecular complexity index is 1120. The average Bonchev–Trinajstić information content (AvgIpc) is 3.15. The second-order valence-corrected chi connectivity index (χ2v) is 9.34. The van der Waals surface area contributed by atoms with Crippen molar-refractivity contribution in [3.63, 3.8) is 0 Å². The Morgan fingerprint density at radius 3 is 2.82 bits per heavy atom. The summed E-state index contributed by atoms with van der Waals surface area (Å²) in [4.78, 5) is 25.8. The van der Waals surface area contributed by atoms with E-state index < -0.39 is 16.9 Å². The van der Waals surface area contributed by atoms with Gasteiger partial charge in [0.2, 0.25) is 0 Å². The number of hydrogen-bond donors (Lipinski definition) is 1. The van der Waals surface area contributed by atoms with Crippen LogP contribution in [0.15, 0.2) is 95.2 Å². The Balaban J connectivity index is 0.00000158. The SMILES string of the molecule is C=O.O=C(N[C@H]1Cc2cccnc2[C@@H](CS(=O)c2ccccc2)C1)OCCC1=CC=CC=C=C1. The molecule has 3 atom stereocenters. The number of alkyl carbamates (subject to hydrolysis) is 1. The van der Waals surface area contributed by atoms with Crippen LogP contribution in [-0.4, -0.2) is 40.5 Å². The zero-order chi connectivity index (χ0) is 24.2. The van der Waals surface area contributed by atoms with Crippen molar-refractivity contribution in [2.75, 3.05) is 12.4 Å². The number of hydrogen-bond acceptors (Lipinski definition) is 5. The van der Waals surface area contributed by atoms with Crippen LogP contribution >= 0.6 is 0 Å². The van der Waals surface area contributed by atoms with Crippen molar-refractivity contribution in [2.45, 2.75) is 36.1 Å². The number of allylic oxidation sites excluding steroid dienone is 4. The van der Waals surface area contributed by atoms with Crippen LogP contribution in [0, 0.1) is 0 Å². The highest BCUT2D eigenvalue weighted by Crippen LogP contribution is 2.31. The lowest BCUT2D eigenvalue weighted by Crippen LogP contribution is -2.41. The molecule has 1 amide bonds. The smallest absolute Gasteiger partial charge is 0.407 e. The van der Waals surface area contributed by atoms with Gasteiger partial charge in [-0.15, -0.1) is 5.73 Å². The molecule has 2 aliphatic carbocycles. The van der Waals surface area contributed by atoms with Crippen LogP contribution in [0.25, 0.3) is 0 Å². The summed E-state index contributed by atoms with van der Waals surface area (Å²) in [5.74, 6) is 0.481. The molecule has 34 heavy (non-hydrogen) atoms. The van der Waals surface area contributed by atoms with E-state index in [-0.39, 0.29) is 12.0 Å². The van der Waals surface area contributed by atoms with Gasteiger partial charge in [-0.2, -0.15) is 0 Å². The van der Waals surface area contributed by atoms with Gasteiger partial charge < -0.3 is 14.8 Å². The van der Waals surface area contributed by atoms with Gasteiger partial charge in [0, 0.05) is 40.9 Å². The van der Waals surface area contributed by atoms with Gasteiger partial charge in [-0.05, 0) is 54.3 Å². The molecule has 7 heteroatoms. The molecule has 2 aliphatic rings. The number of aromatic nitrogens is 1. The summed E-state index contributed by atoms with van der Waals surface area (Å²) in [5, 5.41) is 3.00. The van der Waals surface area contributed by atoms with Crippen molar-refractivity contribution in [3.05, 3.63) is 102 Å². The summed E-state index contributed by atoms with van der Waals surface area (Å²) >= 11 is 0. The number of carbonyl (C=O) groups excluding carboxylic acids is 2. The number of fused-ring (bicyclic) bond motifs is 1. The van der Waals surface area contributed by atoms with Crippen LogP contribution in [0.3, 0.4) is 0 Å². The van der Waals surface area contributed by atoms with Crippen molar-refractivity contribution in [2.24, 2.45) is 0 Å². The van der Waals surface area contributed by atoms with E-state index >= 15 is 0 Å². The van der Waals surface area contributed by atoms with Crippen molar-refractivity contribution in [3.8, 4) is 0 Å². The van der Waals surface area contributed by atoms with Crippen molar-refractivity contribution in [1.82, 2.24) is 10.3 Å². The molecule has 1 unspecified atom stereocenters. The number of rotatable bonds is 7. The molecule has 2 aromatic rings. The van der Waals surface area contributed by atoms with Crippen LogP contribution in [0.5, 0.6) is 0 Å². The molecule has 0 aliphatic heterocycles. The molecule has 0 saturated carbocycles. The van der Waals surface area contributed by atoms with Gasteiger partial charge in [0.1, 0.15) is 6.79 Å². The predicted molar refractivity (Wildman–Crippen MR) is 133 cm³/mol. The second-order valence-electron chi connectivity index (χ2n) is 7.84. The standard InChI is InChI=1S/C26H26N2O3S.CH2O/c29-26(31-16-14-20-9-4-1-2-5-10-20)28-23-17-21-11-8-15-27-25(21)22(18-23)19-32(30)24-12-6-3-7-13-24;1-2/h1-4,6-13,15,22-23H,14,16-19H2,(H,28,29);1H2/t22-,23+,32?;/m1./s1. The molecule has 1 heterocycles. The molecule has 6 nitrogen and oxygen atoms in total. The number of amides is 1. The largest absolute Gasteiger partial charge is 0.449 e. The number of nitrogens with one attached hydrogen (secondary N) is 1. The van der Waals surface area contributed by atoms with Crippen molar-refractivity contribution in [1.29, 1.82) is 0 Å². The summed E-state index contributed by atoms with van der Waals surface area (Å²) in [6.45, 7) is 2.30. The van der Waals surface area contributed by atoms with Crippen LogP contribution in [-0.2, 0) is 26.8 Å². The lowest BCUT2D eigenvalue weighted by molar-refractivity contribution is -0.0980. The van der Waals surface area contributed by atoms with E-state index in [2.05, 4.69) is 16.0 Å². The number of carbonyl (C=O) groups is 2. The molecule has 176 valence electrons. The fourth-order valence-corrected chi connectivity index (χ4v) is 5.33. The first-order chi connectivity index (χ1) is 16.7. The number of pyridine rings is 1. The highest BCUT2D eigenvalue weighted by atomic mass is 32.2. The quantitative estimate of drug-likeness (QED) is 0.598. The van der Waals surface area contributed by atoms with E-state index in [9.17, 15) is 9.00 Å². The molecular weight excluding hydrogens is 448 g/mol. The van der Waals surface area contributed by atoms with E-state index in [1.807, 2.05) is 79.6 Å². The molecular formula is C27H28N2O4S. The minimum Gasteiger partial charge on any atom is -0.449 e. The van der Waals surface area contributed by atoms with Gasteiger partial charge >= 0.3 is 6.09 Å². The van der Waals surface area contributed by atoms with E-state index in [1.54, 1.807) is 6.20 Å². The number of benzene rings is 1. The Hall–Kier alpha value is -3.54. The zero-order valence-corrected chi connectivity index (χ0v) is 19.7. The van der Waals surface area contributed by atoms with E-state index in [0.717, 1.165) is 21.7 Å². The summed E-state index contributed by atoms with van der Waals surface area (Å²) in [5.41, 5.74) is 6.18. The lowest BCUT2D eigenvalue weighted by atomic mass is 9.84. The fraction of sp³-hybridized carbons (Fsp3) is 0.259. The fourth-order valence-electron chi connectivity index (χ4n) is 4.02. The highest BCUT2D eigenvalue weighted by Gasteiger charge is 2.30. The maximum atomic E-state index is 12.9. The molecule has 0 bridgehead atoms. The lowest BCUT2D eigenvalue weighted by Gasteiger charge is -2.30. The Labute approximate surface area is 202 Å². The average molecular weight is 477 g/mol. The van der Waals surface area contributed by atoms with E-state index in [0.29, 0.717) is 31.6 Å². The summed E-state index contributed by atoms with van der Waals surface area (Å²) in [7, 11) is -1.13. The molecule has 1 N–H and O–H groups in total. The maximum Gasteiger partial charge on any atom is 0.407 e. The molecule has 1 aromatic heterocycles. The second kappa shape index (κ2) is 13.2. The zero-order valence-electron chi connectivity index (χ0n) is 18.9. The van der Waals surface area contributed by atoms with Gasteiger partial charge in [-0.25, -0.2) is 4.79 Å². The van der Waals surface area contributed by atoms with Gasteiger partial charge in [0.15, 0.2) is 0 Å².